The molecule has 0 aromatic heterocycles. The van der Waals surface area contributed by atoms with Crippen molar-refractivity contribution in [2.45, 2.75) is 71.3 Å². The van der Waals surface area contributed by atoms with Crippen LogP contribution in [0.25, 0.3) is 0 Å². The van der Waals surface area contributed by atoms with Gasteiger partial charge in [0.1, 0.15) is 0 Å². The van der Waals surface area contributed by atoms with Gasteiger partial charge in [-0.2, -0.15) is 0 Å². The van der Waals surface area contributed by atoms with Gasteiger partial charge in [0, 0.05) is 23.9 Å². The molecule has 2 rings (SSSR count). The molecule has 1 amide bonds. The molecule has 0 heterocycles. The van der Waals surface area contributed by atoms with E-state index >= 15 is 0 Å². The first kappa shape index (κ1) is 16.7. The summed E-state index contributed by atoms with van der Waals surface area (Å²) in [5.74, 6) is 0.0241. The molecule has 0 unspecified atom stereocenters. The van der Waals surface area contributed by atoms with Crippen LogP contribution in [0.15, 0.2) is 18.2 Å². The van der Waals surface area contributed by atoms with Crippen molar-refractivity contribution in [2.75, 3.05) is 0 Å². The summed E-state index contributed by atoms with van der Waals surface area (Å²) in [5, 5.41) is 2.97. The van der Waals surface area contributed by atoms with Crippen molar-refractivity contribution in [1.82, 2.24) is 5.32 Å². The fourth-order valence-corrected chi connectivity index (χ4v) is 2.81. The second-order valence-corrected chi connectivity index (χ2v) is 6.90. The maximum Gasteiger partial charge on any atom is 0.220 e. The predicted octanol–water partition coefficient (Wildman–Crippen LogP) is 3.83. The Bertz CT molecular complexity index is 561. The number of amides is 1. The van der Waals surface area contributed by atoms with Crippen molar-refractivity contribution >= 4 is 11.7 Å². The molecular weight excluding hydrogens is 274 g/mol. The molecule has 0 radical (unpaired) electrons. The van der Waals surface area contributed by atoms with E-state index in [0.29, 0.717) is 0 Å². The van der Waals surface area contributed by atoms with Gasteiger partial charge < -0.3 is 5.32 Å². The Morgan fingerprint density at radius 2 is 1.77 bits per heavy atom. The Morgan fingerprint density at radius 3 is 2.45 bits per heavy atom. The maximum absolute atomic E-state index is 12.3. The van der Waals surface area contributed by atoms with E-state index in [9.17, 15) is 9.59 Å². The number of fused-ring (bicyclic) bond motifs is 1. The predicted molar refractivity (Wildman–Crippen MR) is 89.2 cm³/mol. The zero-order valence-electron chi connectivity index (χ0n) is 14.0. The van der Waals surface area contributed by atoms with Crippen LogP contribution >= 0.6 is 0 Å². The highest BCUT2D eigenvalue weighted by molar-refractivity contribution is 5.98. The van der Waals surface area contributed by atoms with Crippen LogP contribution in [-0.2, 0) is 17.6 Å². The minimum Gasteiger partial charge on any atom is -0.351 e. The molecule has 1 aromatic rings. The summed E-state index contributed by atoms with van der Waals surface area (Å²) in [6, 6.07) is 6.03. The lowest BCUT2D eigenvalue weighted by molar-refractivity contribution is -0.122. The third kappa shape index (κ3) is 4.43. The summed E-state index contributed by atoms with van der Waals surface area (Å²) in [6.07, 6.45) is 6.06. The number of ketones is 1. The van der Waals surface area contributed by atoms with Crippen LogP contribution in [0.4, 0.5) is 0 Å². The monoisotopic (exact) mass is 301 g/mol. The number of carbonyl (C=O) groups is 2. The van der Waals surface area contributed by atoms with Gasteiger partial charge in [0.15, 0.2) is 5.78 Å². The van der Waals surface area contributed by atoms with Gasteiger partial charge in [-0.05, 0) is 63.1 Å². The van der Waals surface area contributed by atoms with Crippen LogP contribution < -0.4 is 5.32 Å². The minimum atomic E-state index is -0.202. The van der Waals surface area contributed by atoms with E-state index in [1.54, 1.807) is 0 Å². The second-order valence-electron chi connectivity index (χ2n) is 6.90. The molecule has 1 aliphatic rings. The summed E-state index contributed by atoms with van der Waals surface area (Å²) in [7, 11) is 0. The van der Waals surface area contributed by atoms with Crippen molar-refractivity contribution in [3.8, 4) is 0 Å². The van der Waals surface area contributed by atoms with Crippen LogP contribution in [0.1, 0.15) is 74.4 Å². The van der Waals surface area contributed by atoms with Crippen molar-refractivity contribution in [1.29, 1.82) is 0 Å². The van der Waals surface area contributed by atoms with Crippen LogP contribution in [0.5, 0.6) is 0 Å². The first-order valence-corrected chi connectivity index (χ1v) is 8.37. The normalized spacial score (nSPS) is 14.3. The van der Waals surface area contributed by atoms with Gasteiger partial charge in [-0.25, -0.2) is 0 Å². The molecule has 0 atom stereocenters. The van der Waals surface area contributed by atoms with Gasteiger partial charge in [-0.15, -0.1) is 0 Å². The lowest BCUT2D eigenvalue weighted by Crippen LogP contribution is -2.42. The number of nitrogens with one attached hydrogen (secondary N) is 1. The molecule has 1 aliphatic carbocycles. The third-order valence-electron chi connectivity index (χ3n) is 4.61. The Morgan fingerprint density at radius 1 is 1.09 bits per heavy atom. The van der Waals surface area contributed by atoms with Crippen molar-refractivity contribution in [2.24, 2.45) is 0 Å². The van der Waals surface area contributed by atoms with Gasteiger partial charge in [-0.3, -0.25) is 9.59 Å². The van der Waals surface area contributed by atoms with Crippen LogP contribution in [0, 0.1) is 0 Å². The molecule has 3 nitrogen and oxygen atoms in total. The third-order valence-corrected chi connectivity index (χ3v) is 4.61. The molecule has 120 valence electrons. The SMILES string of the molecule is CCC(C)(C)NC(=O)CCC(=O)c1ccc2c(c1)CCCC2. The lowest BCUT2D eigenvalue weighted by atomic mass is 9.89. The van der Waals surface area contributed by atoms with E-state index in [1.165, 1.54) is 24.0 Å². The van der Waals surface area contributed by atoms with Crippen LogP contribution in [-0.4, -0.2) is 17.2 Å². The molecule has 0 fully saturated rings. The molecule has 0 spiro atoms. The Kier molecular flexibility index (Phi) is 5.38. The van der Waals surface area contributed by atoms with E-state index in [1.807, 2.05) is 32.9 Å². The summed E-state index contributed by atoms with van der Waals surface area (Å²) >= 11 is 0. The number of benzene rings is 1. The molecule has 0 saturated carbocycles. The van der Waals surface area contributed by atoms with Crippen LogP contribution in [0.3, 0.4) is 0 Å². The van der Waals surface area contributed by atoms with Crippen molar-refractivity contribution < 1.29 is 9.59 Å². The standard InChI is InChI=1S/C19H27NO2/c1-4-19(2,3)20-18(22)12-11-17(21)16-10-9-14-7-5-6-8-15(14)13-16/h9-10,13H,4-8,11-12H2,1-3H3,(H,20,22). The topological polar surface area (TPSA) is 46.2 Å². The highest BCUT2D eigenvalue weighted by Gasteiger charge is 2.19. The first-order chi connectivity index (χ1) is 10.4. The van der Waals surface area contributed by atoms with E-state index in [-0.39, 0.29) is 30.1 Å². The van der Waals surface area contributed by atoms with Gasteiger partial charge in [0.2, 0.25) is 5.91 Å². The Hall–Kier alpha value is -1.64. The number of Topliss-reactive ketones (excluding diaryl/α,β-unsaturated/α-hetero) is 1. The van der Waals surface area contributed by atoms with E-state index in [4.69, 9.17) is 0 Å². The summed E-state index contributed by atoms with van der Waals surface area (Å²) in [6.45, 7) is 6.03. The van der Waals surface area contributed by atoms with Crippen LogP contribution in [0.2, 0.25) is 0 Å². The number of aryl methyl sites for hydroxylation is 2. The quantitative estimate of drug-likeness (QED) is 0.812. The number of hydrogen-bond donors (Lipinski definition) is 1. The minimum absolute atomic E-state index is 0.0434. The largest absolute Gasteiger partial charge is 0.351 e. The first-order valence-electron chi connectivity index (χ1n) is 8.37. The van der Waals surface area contributed by atoms with Gasteiger partial charge in [-0.1, -0.05) is 19.1 Å². The fraction of sp³-hybridized carbons (Fsp3) is 0.579. The Labute approximate surface area is 133 Å². The number of carbonyl (C=O) groups excluding carboxylic acids is 2. The molecule has 0 aliphatic heterocycles. The molecule has 0 saturated heterocycles. The van der Waals surface area contributed by atoms with E-state index < -0.39 is 0 Å². The van der Waals surface area contributed by atoms with Crippen molar-refractivity contribution in [3.63, 3.8) is 0 Å². The maximum atomic E-state index is 12.3. The van der Waals surface area contributed by atoms with Crippen molar-refractivity contribution in [3.05, 3.63) is 34.9 Å². The molecular formula is C19H27NO2. The van der Waals surface area contributed by atoms with Gasteiger partial charge in [0.05, 0.1) is 0 Å². The highest BCUT2D eigenvalue weighted by atomic mass is 16.2. The molecule has 3 heteroatoms. The zero-order chi connectivity index (χ0) is 16.2. The molecule has 1 N–H and O–H groups in total. The average molecular weight is 301 g/mol. The summed E-state index contributed by atoms with van der Waals surface area (Å²) in [4.78, 5) is 24.2. The molecule has 22 heavy (non-hydrogen) atoms. The lowest BCUT2D eigenvalue weighted by Gasteiger charge is -2.24. The van der Waals surface area contributed by atoms with E-state index in [2.05, 4.69) is 11.4 Å². The average Bonchev–Trinajstić information content (AvgIpc) is 2.51. The van der Waals surface area contributed by atoms with Gasteiger partial charge in [0.25, 0.3) is 0 Å². The summed E-state index contributed by atoms with van der Waals surface area (Å²) in [5.41, 5.74) is 3.24. The number of rotatable bonds is 6. The molecule has 0 bridgehead atoms. The summed E-state index contributed by atoms with van der Waals surface area (Å²) < 4.78 is 0. The second kappa shape index (κ2) is 7.08. The number of hydrogen-bond acceptors (Lipinski definition) is 2. The molecule has 1 aromatic carbocycles. The smallest absolute Gasteiger partial charge is 0.220 e. The fourth-order valence-electron chi connectivity index (χ4n) is 2.81. The Balaban J connectivity index is 1.91. The zero-order valence-corrected chi connectivity index (χ0v) is 14.0. The van der Waals surface area contributed by atoms with E-state index in [0.717, 1.165) is 24.8 Å². The van der Waals surface area contributed by atoms with Gasteiger partial charge >= 0.3 is 0 Å². The highest BCUT2D eigenvalue weighted by Crippen LogP contribution is 2.23.